The molecule has 0 aliphatic heterocycles. The summed E-state index contributed by atoms with van der Waals surface area (Å²) in [7, 11) is 0. The summed E-state index contributed by atoms with van der Waals surface area (Å²) < 4.78 is 6.82. The largest absolute Gasteiger partial charge is 0.420 e. The van der Waals surface area contributed by atoms with Crippen LogP contribution in [0.4, 0.5) is 0 Å². The van der Waals surface area contributed by atoms with Gasteiger partial charge in [-0.1, -0.05) is 43.3 Å². The summed E-state index contributed by atoms with van der Waals surface area (Å²) in [4.78, 5) is 11.9. The predicted molar refractivity (Wildman–Crippen MR) is 83.2 cm³/mol. The molecule has 1 heterocycles. The van der Waals surface area contributed by atoms with Crippen LogP contribution in [-0.4, -0.2) is 4.57 Å². The molecule has 0 aliphatic rings. The first kappa shape index (κ1) is 13.6. The van der Waals surface area contributed by atoms with E-state index in [0.717, 1.165) is 17.5 Å². The Kier molecular flexibility index (Phi) is 3.62. The van der Waals surface area contributed by atoms with Crippen molar-refractivity contribution in [2.24, 2.45) is 5.73 Å². The zero-order valence-corrected chi connectivity index (χ0v) is 12.0. The van der Waals surface area contributed by atoms with Gasteiger partial charge in [0.15, 0.2) is 5.58 Å². The molecule has 21 heavy (non-hydrogen) atoms. The highest BCUT2D eigenvalue weighted by molar-refractivity contribution is 5.72. The Morgan fingerprint density at radius 2 is 1.86 bits per heavy atom. The molecule has 1 unspecified atom stereocenters. The monoisotopic (exact) mass is 282 g/mol. The third-order valence-electron chi connectivity index (χ3n) is 3.77. The molecule has 108 valence electrons. The molecule has 3 aromatic rings. The summed E-state index contributed by atoms with van der Waals surface area (Å²) >= 11 is 0. The van der Waals surface area contributed by atoms with E-state index in [1.807, 2.05) is 30.3 Å². The molecule has 0 saturated heterocycles. The first-order valence-electron chi connectivity index (χ1n) is 7.12. The second-order valence-corrected chi connectivity index (χ2v) is 5.15. The Balaban J connectivity index is 1.90. The summed E-state index contributed by atoms with van der Waals surface area (Å²) in [5.74, 6) is -0.364. The van der Waals surface area contributed by atoms with E-state index in [9.17, 15) is 4.79 Å². The van der Waals surface area contributed by atoms with Crippen molar-refractivity contribution in [3.05, 3.63) is 70.2 Å². The lowest BCUT2D eigenvalue weighted by Gasteiger charge is -2.13. The number of oxazole rings is 1. The van der Waals surface area contributed by atoms with Gasteiger partial charge in [-0.2, -0.15) is 0 Å². The molecule has 1 atom stereocenters. The van der Waals surface area contributed by atoms with Gasteiger partial charge in [-0.25, -0.2) is 4.79 Å². The Labute approximate surface area is 122 Å². The molecule has 0 aliphatic carbocycles. The van der Waals surface area contributed by atoms with E-state index in [2.05, 4.69) is 19.1 Å². The smallest absolute Gasteiger partial charge is 0.408 e. The molecule has 0 fully saturated rings. The maximum absolute atomic E-state index is 11.9. The Hall–Kier alpha value is -2.33. The molecule has 1 aromatic heterocycles. The van der Waals surface area contributed by atoms with Gasteiger partial charge in [-0.3, -0.25) is 4.57 Å². The molecule has 4 heteroatoms. The van der Waals surface area contributed by atoms with Crippen LogP contribution in [0.5, 0.6) is 0 Å². The van der Waals surface area contributed by atoms with E-state index in [0.29, 0.717) is 12.1 Å². The minimum atomic E-state index is -0.364. The number of nitrogens with two attached hydrogens (primary N) is 1. The van der Waals surface area contributed by atoms with E-state index in [-0.39, 0.29) is 11.8 Å². The van der Waals surface area contributed by atoms with Crippen LogP contribution in [0.2, 0.25) is 0 Å². The lowest BCUT2D eigenvalue weighted by molar-refractivity contribution is 0.480. The van der Waals surface area contributed by atoms with Gasteiger partial charge in [0.2, 0.25) is 0 Å². The highest BCUT2D eigenvalue weighted by Crippen LogP contribution is 2.17. The number of hydrogen-bond donors (Lipinski definition) is 1. The van der Waals surface area contributed by atoms with E-state index in [1.54, 1.807) is 10.6 Å². The van der Waals surface area contributed by atoms with Gasteiger partial charge < -0.3 is 10.2 Å². The molecule has 2 N–H and O–H groups in total. The maximum Gasteiger partial charge on any atom is 0.420 e. The Morgan fingerprint density at radius 1 is 1.14 bits per heavy atom. The van der Waals surface area contributed by atoms with Gasteiger partial charge >= 0.3 is 5.76 Å². The average molecular weight is 282 g/mol. The molecular weight excluding hydrogens is 264 g/mol. The predicted octanol–water partition coefficient (Wildman–Crippen LogP) is 2.86. The van der Waals surface area contributed by atoms with Crippen LogP contribution < -0.4 is 11.5 Å². The van der Waals surface area contributed by atoms with Crippen molar-refractivity contribution in [1.29, 1.82) is 0 Å². The van der Waals surface area contributed by atoms with Gasteiger partial charge in [0.05, 0.1) is 5.52 Å². The van der Waals surface area contributed by atoms with Gasteiger partial charge in [0.1, 0.15) is 0 Å². The standard InChI is InChI=1S/C17H18N2O2/c1-2-12-7-9-13(10-8-12)14(18)11-19-15-5-3-4-6-16(15)21-17(19)20/h3-10,14H,2,11,18H2,1H3. The van der Waals surface area contributed by atoms with E-state index in [4.69, 9.17) is 10.2 Å². The molecule has 3 rings (SSSR count). The number of rotatable bonds is 4. The SMILES string of the molecule is CCc1ccc(C(N)Cn2c(=O)oc3ccccc32)cc1. The van der Waals surface area contributed by atoms with Gasteiger partial charge in [0, 0.05) is 12.6 Å². The zero-order chi connectivity index (χ0) is 14.8. The number of hydrogen-bond acceptors (Lipinski definition) is 3. The van der Waals surface area contributed by atoms with E-state index >= 15 is 0 Å². The lowest BCUT2D eigenvalue weighted by Crippen LogP contribution is -2.23. The second-order valence-electron chi connectivity index (χ2n) is 5.15. The molecule has 0 bridgehead atoms. The van der Waals surface area contributed by atoms with Crippen LogP contribution in [0.15, 0.2) is 57.7 Å². The van der Waals surface area contributed by atoms with Crippen molar-refractivity contribution < 1.29 is 4.42 Å². The third-order valence-corrected chi connectivity index (χ3v) is 3.77. The normalized spacial score (nSPS) is 12.7. The number of fused-ring (bicyclic) bond motifs is 1. The topological polar surface area (TPSA) is 61.2 Å². The lowest BCUT2D eigenvalue weighted by atomic mass is 10.0. The summed E-state index contributed by atoms with van der Waals surface area (Å²) in [5.41, 5.74) is 9.90. The number of benzene rings is 2. The van der Waals surface area contributed by atoms with Crippen LogP contribution in [0.1, 0.15) is 24.1 Å². The van der Waals surface area contributed by atoms with Crippen molar-refractivity contribution >= 4 is 11.1 Å². The van der Waals surface area contributed by atoms with Crippen LogP contribution in [0, 0.1) is 0 Å². The van der Waals surface area contributed by atoms with E-state index < -0.39 is 0 Å². The fourth-order valence-corrected chi connectivity index (χ4v) is 2.49. The first-order valence-corrected chi connectivity index (χ1v) is 7.12. The number of aryl methyl sites for hydroxylation is 1. The third kappa shape index (κ3) is 2.62. The van der Waals surface area contributed by atoms with Gasteiger partial charge in [-0.05, 0) is 29.7 Å². The molecular formula is C17H18N2O2. The van der Waals surface area contributed by atoms with Crippen molar-refractivity contribution in [2.45, 2.75) is 25.9 Å². The van der Waals surface area contributed by atoms with E-state index in [1.165, 1.54) is 5.56 Å². The fourth-order valence-electron chi connectivity index (χ4n) is 2.49. The maximum atomic E-state index is 11.9. The number of aromatic nitrogens is 1. The Morgan fingerprint density at radius 3 is 2.57 bits per heavy atom. The summed E-state index contributed by atoms with van der Waals surface area (Å²) in [6, 6.07) is 15.3. The summed E-state index contributed by atoms with van der Waals surface area (Å²) in [5, 5.41) is 0. The summed E-state index contributed by atoms with van der Waals surface area (Å²) in [6.45, 7) is 2.52. The van der Waals surface area contributed by atoms with Crippen molar-refractivity contribution in [3.63, 3.8) is 0 Å². The van der Waals surface area contributed by atoms with Crippen LogP contribution in [0.3, 0.4) is 0 Å². The molecule has 4 nitrogen and oxygen atoms in total. The fraction of sp³-hybridized carbons (Fsp3) is 0.235. The minimum absolute atomic E-state index is 0.241. The highest BCUT2D eigenvalue weighted by Gasteiger charge is 2.13. The number of nitrogens with zero attached hydrogens (tertiary/aromatic N) is 1. The highest BCUT2D eigenvalue weighted by atomic mass is 16.4. The molecule has 0 radical (unpaired) electrons. The second kappa shape index (κ2) is 5.58. The van der Waals surface area contributed by atoms with Crippen molar-refractivity contribution in [1.82, 2.24) is 4.57 Å². The average Bonchev–Trinajstić information content (AvgIpc) is 2.83. The first-order chi connectivity index (χ1) is 10.2. The zero-order valence-electron chi connectivity index (χ0n) is 12.0. The molecule has 0 spiro atoms. The van der Waals surface area contributed by atoms with Crippen LogP contribution in [-0.2, 0) is 13.0 Å². The van der Waals surface area contributed by atoms with Crippen molar-refractivity contribution in [3.8, 4) is 0 Å². The molecule has 0 saturated carbocycles. The van der Waals surface area contributed by atoms with Crippen molar-refractivity contribution in [2.75, 3.05) is 0 Å². The molecule has 0 amide bonds. The van der Waals surface area contributed by atoms with Crippen LogP contribution in [0.25, 0.3) is 11.1 Å². The number of para-hydroxylation sites is 2. The van der Waals surface area contributed by atoms with Gasteiger partial charge in [-0.15, -0.1) is 0 Å². The van der Waals surface area contributed by atoms with Crippen LogP contribution >= 0.6 is 0 Å². The Bertz CT molecular complexity index is 800. The minimum Gasteiger partial charge on any atom is -0.408 e. The molecule has 2 aromatic carbocycles. The summed E-state index contributed by atoms with van der Waals surface area (Å²) in [6.07, 6.45) is 1.00. The van der Waals surface area contributed by atoms with Gasteiger partial charge in [0.25, 0.3) is 0 Å². The quantitative estimate of drug-likeness (QED) is 0.800.